The predicted molar refractivity (Wildman–Crippen MR) is 58.5 cm³/mol. The van der Waals surface area contributed by atoms with Gasteiger partial charge in [0.1, 0.15) is 0 Å². The van der Waals surface area contributed by atoms with Crippen molar-refractivity contribution in [2.45, 2.75) is 52.9 Å². The second kappa shape index (κ2) is 12.1. The zero-order valence-electron chi connectivity index (χ0n) is 9.48. The van der Waals surface area contributed by atoms with E-state index < -0.39 is 11.7 Å². The van der Waals surface area contributed by atoms with Crippen LogP contribution in [0.15, 0.2) is 11.9 Å². The molecule has 0 rings (SSSR count). The lowest BCUT2D eigenvalue weighted by atomic mass is 10.1. The third-order valence-corrected chi connectivity index (χ3v) is 1.62. The Kier molecular flexibility index (Phi) is 13.5. The minimum absolute atomic E-state index is 0.606. The summed E-state index contributed by atoms with van der Waals surface area (Å²) < 4.78 is 12.4. The Bertz CT molecular complexity index is 167. The summed E-state index contributed by atoms with van der Waals surface area (Å²) in [6.45, 7) is 6.11. The van der Waals surface area contributed by atoms with Gasteiger partial charge in [-0.05, 0) is 18.9 Å². The summed E-state index contributed by atoms with van der Waals surface area (Å²) in [6.07, 6.45) is 6.19. The molecular formula is C11H22FNO. The van der Waals surface area contributed by atoms with Crippen molar-refractivity contribution in [1.82, 2.24) is 0 Å². The van der Waals surface area contributed by atoms with Gasteiger partial charge in [0, 0.05) is 0 Å². The molecule has 0 fully saturated rings. The summed E-state index contributed by atoms with van der Waals surface area (Å²) in [5.41, 5.74) is 4.69. The molecule has 0 aromatic heterocycles. The average molecular weight is 203 g/mol. The fourth-order valence-electron chi connectivity index (χ4n) is 0.900. The Morgan fingerprint density at radius 3 is 2.29 bits per heavy atom. The predicted octanol–water partition coefficient (Wildman–Crippen LogP) is 3.32. The number of primary amides is 1. The van der Waals surface area contributed by atoms with Crippen LogP contribution in [0.4, 0.5) is 4.39 Å². The number of hydrogen-bond donors (Lipinski definition) is 1. The van der Waals surface area contributed by atoms with Crippen molar-refractivity contribution in [3.05, 3.63) is 11.9 Å². The maximum atomic E-state index is 12.4. The Balaban J connectivity index is 0. The van der Waals surface area contributed by atoms with Crippen molar-refractivity contribution in [3.8, 4) is 0 Å². The van der Waals surface area contributed by atoms with Crippen LogP contribution >= 0.6 is 0 Å². The quantitative estimate of drug-likeness (QED) is 0.522. The fraction of sp³-hybridized carbons (Fsp3) is 0.727. The molecule has 0 atom stereocenters. The van der Waals surface area contributed by atoms with E-state index in [9.17, 15) is 9.18 Å². The topological polar surface area (TPSA) is 43.1 Å². The van der Waals surface area contributed by atoms with Crippen LogP contribution in [-0.4, -0.2) is 5.91 Å². The second-order valence-corrected chi connectivity index (χ2v) is 2.77. The normalized spacial score (nSPS) is 10.4. The van der Waals surface area contributed by atoms with Crippen LogP contribution in [0.2, 0.25) is 0 Å². The first kappa shape index (κ1) is 15.6. The molecule has 0 radical (unpaired) electrons. The molecule has 3 heteroatoms. The molecule has 84 valence electrons. The molecule has 0 aliphatic carbocycles. The van der Waals surface area contributed by atoms with Crippen molar-refractivity contribution in [1.29, 1.82) is 0 Å². The van der Waals surface area contributed by atoms with Crippen molar-refractivity contribution < 1.29 is 9.18 Å². The average Bonchev–Trinajstić information content (AvgIpc) is 2.20. The number of carbonyl (C=O) groups is 1. The van der Waals surface area contributed by atoms with Crippen LogP contribution in [0.5, 0.6) is 0 Å². The first-order valence-corrected chi connectivity index (χ1v) is 5.34. The van der Waals surface area contributed by atoms with Crippen LogP contribution in [0.1, 0.15) is 52.9 Å². The number of hydrogen-bond acceptors (Lipinski definition) is 1. The largest absolute Gasteiger partial charge is 0.364 e. The first-order chi connectivity index (χ1) is 6.68. The molecule has 2 N–H and O–H groups in total. The van der Waals surface area contributed by atoms with Gasteiger partial charge in [0.2, 0.25) is 0 Å². The summed E-state index contributed by atoms with van der Waals surface area (Å²) in [7, 11) is 0. The smallest absolute Gasteiger partial charge is 0.277 e. The van der Waals surface area contributed by atoms with Gasteiger partial charge < -0.3 is 5.73 Å². The third kappa shape index (κ3) is 11.1. The maximum absolute atomic E-state index is 12.4. The van der Waals surface area contributed by atoms with Crippen molar-refractivity contribution >= 4 is 5.91 Å². The highest BCUT2D eigenvalue weighted by molar-refractivity contribution is 5.89. The first-order valence-electron chi connectivity index (χ1n) is 5.34. The molecule has 1 amide bonds. The fourth-order valence-corrected chi connectivity index (χ4v) is 0.900. The SMILES string of the molecule is CC.CCCCCC/C=C(/F)C(N)=O. The highest BCUT2D eigenvalue weighted by Crippen LogP contribution is 2.05. The number of nitrogens with two attached hydrogens (primary N) is 1. The van der Waals surface area contributed by atoms with E-state index in [1.54, 1.807) is 0 Å². The van der Waals surface area contributed by atoms with Crippen molar-refractivity contribution in [2.24, 2.45) is 5.73 Å². The van der Waals surface area contributed by atoms with E-state index in [1.807, 2.05) is 13.8 Å². The standard InChI is InChI=1S/C9H16FNO.C2H6/c1-2-3-4-5-6-7-8(10)9(11)12;1-2/h7H,2-6H2,1H3,(H2,11,12);1-2H3/b8-7+;. The lowest BCUT2D eigenvalue weighted by Crippen LogP contribution is -2.10. The second-order valence-electron chi connectivity index (χ2n) is 2.77. The molecule has 0 aromatic carbocycles. The Hall–Kier alpha value is -0.860. The molecule has 14 heavy (non-hydrogen) atoms. The lowest BCUT2D eigenvalue weighted by molar-refractivity contribution is -0.115. The number of amides is 1. The van der Waals surface area contributed by atoms with Crippen LogP contribution < -0.4 is 5.73 Å². The van der Waals surface area contributed by atoms with E-state index in [1.165, 1.54) is 6.08 Å². The van der Waals surface area contributed by atoms with Crippen LogP contribution in [0.25, 0.3) is 0 Å². The number of rotatable bonds is 6. The maximum Gasteiger partial charge on any atom is 0.277 e. The Morgan fingerprint density at radius 2 is 1.86 bits per heavy atom. The van der Waals surface area contributed by atoms with Crippen LogP contribution in [0.3, 0.4) is 0 Å². The molecule has 0 unspecified atom stereocenters. The van der Waals surface area contributed by atoms with Gasteiger partial charge in [0.25, 0.3) is 5.91 Å². The summed E-state index contributed by atoms with van der Waals surface area (Å²) in [6, 6.07) is 0. The molecule has 0 aliphatic rings. The van der Waals surface area contributed by atoms with Gasteiger partial charge >= 0.3 is 0 Å². The van der Waals surface area contributed by atoms with Gasteiger partial charge in [-0.25, -0.2) is 4.39 Å². The zero-order chi connectivity index (χ0) is 11.4. The molecule has 0 saturated heterocycles. The van der Waals surface area contributed by atoms with Crippen LogP contribution in [-0.2, 0) is 4.79 Å². The van der Waals surface area contributed by atoms with E-state index in [4.69, 9.17) is 5.73 Å². The minimum atomic E-state index is -0.967. The van der Waals surface area contributed by atoms with Gasteiger partial charge in [-0.1, -0.05) is 40.0 Å². The number of carbonyl (C=O) groups excluding carboxylic acids is 1. The highest BCUT2D eigenvalue weighted by atomic mass is 19.1. The monoisotopic (exact) mass is 203 g/mol. The Labute approximate surface area is 86.4 Å². The highest BCUT2D eigenvalue weighted by Gasteiger charge is 1.99. The van der Waals surface area contributed by atoms with E-state index >= 15 is 0 Å². The van der Waals surface area contributed by atoms with Gasteiger partial charge in [-0.2, -0.15) is 0 Å². The van der Waals surface area contributed by atoms with E-state index in [0.29, 0.717) is 6.42 Å². The minimum Gasteiger partial charge on any atom is -0.364 e. The van der Waals surface area contributed by atoms with E-state index in [2.05, 4.69) is 6.92 Å². The zero-order valence-corrected chi connectivity index (χ0v) is 9.48. The van der Waals surface area contributed by atoms with Gasteiger partial charge in [-0.3, -0.25) is 4.79 Å². The van der Waals surface area contributed by atoms with E-state index in [-0.39, 0.29) is 0 Å². The summed E-state index contributed by atoms with van der Waals surface area (Å²) in [5, 5.41) is 0. The van der Waals surface area contributed by atoms with Crippen molar-refractivity contribution in [3.63, 3.8) is 0 Å². The van der Waals surface area contributed by atoms with E-state index in [0.717, 1.165) is 25.7 Å². The molecular weight excluding hydrogens is 181 g/mol. The molecule has 0 aromatic rings. The summed E-state index contributed by atoms with van der Waals surface area (Å²) >= 11 is 0. The molecule has 0 aliphatic heterocycles. The number of halogens is 1. The third-order valence-electron chi connectivity index (χ3n) is 1.62. The van der Waals surface area contributed by atoms with Gasteiger partial charge in [0.05, 0.1) is 0 Å². The van der Waals surface area contributed by atoms with Crippen LogP contribution in [0, 0.1) is 0 Å². The molecule has 0 heterocycles. The molecule has 0 spiro atoms. The van der Waals surface area contributed by atoms with Crippen molar-refractivity contribution in [2.75, 3.05) is 0 Å². The Morgan fingerprint density at radius 1 is 1.29 bits per heavy atom. The summed E-state index contributed by atoms with van der Waals surface area (Å²) in [5.74, 6) is -1.78. The molecule has 0 saturated carbocycles. The number of unbranched alkanes of at least 4 members (excludes halogenated alkanes) is 4. The molecule has 0 bridgehead atoms. The number of allylic oxidation sites excluding steroid dienone is 1. The summed E-state index contributed by atoms with van der Waals surface area (Å²) in [4.78, 5) is 10.2. The molecule has 2 nitrogen and oxygen atoms in total. The lowest BCUT2D eigenvalue weighted by Gasteiger charge is -1.94. The van der Waals surface area contributed by atoms with Gasteiger partial charge in [-0.15, -0.1) is 0 Å². The van der Waals surface area contributed by atoms with Gasteiger partial charge in [0.15, 0.2) is 5.83 Å².